The molecule has 0 fully saturated rings. The first-order valence-corrected chi connectivity index (χ1v) is 14.6. The average Bonchev–Trinajstić information content (AvgIpc) is 3.05. The summed E-state index contributed by atoms with van der Waals surface area (Å²) in [5.74, 6) is -1.57. The molecule has 3 aromatic rings. The second-order valence-corrected chi connectivity index (χ2v) is 10.6. The molecule has 0 saturated heterocycles. The molecule has 0 bridgehead atoms. The minimum atomic E-state index is -4.10. The van der Waals surface area contributed by atoms with Crippen molar-refractivity contribution in [3.63, 3.8) is 0 Å². The summed E-state index contributed by atoms with van der Waals surface area (Å²) in [6.07, 6.45) is -1.65. The fourth-order valence-electron chi connectivity index (χ4n) is 3.21. The van der Waals surface area contributed by atoms with Gasteiger partial charge in [-0.15, -0.1) is 0 Å². The van der Waals surface area contributed by atoms with Gasteiger partial charge in [-0.25, -0.2) is 19.2 Å². The van der Waals surface area contributed by atoms with Gasteiger partial charge in [-0.05, 0) is 30.2 Å². The maximum absolute atomic E-state index is 12.2. The molecule has 0 aromatic heterocycles. The van der Waals surface area contributed by atoms with Crippen molar-refractivity contribution in [2.75, 3.05) is 20.8 Å². The lowest BCUT2D eigenvalue weighted by atomic mass is 10.2. The molecule has 0 aliphatic carbocycles. The summed E-state index contributed by atoms with van der Waals surface area (Å²) in [5, 5.41) is 4.42. The van der Waals surface area contributed by atoms with Crippen molar-refractivity contribution in [1.82, 2.24) is 10.6 Å². The zero-order valence-corrected chi connectivity index (χ0v) is 25.7. The van der Waals surface area contributed by atoms with Crippen LogP contribution in [-0.4, -0.2) is 59.4 Å². The molecule has 0 radical (unpaired) electrons. The van der Waals surface area contributed by atoms with Crippen molar-refractivity contribution < 1.29 is 50.7 Å². The summed E-state index contributed by atoms with van der Waals surface area (Å²) in [4.78, 5) is 45.9. The Morgan fingerprint density at radius 3 is 1.76 bits per heavy atom. The van der Waals surface area contributed by atoms with Crippen LogP contribution >= 0.6 is 0 Å². The predicted molar refractivity (Wildman–Crippen MR) is 161 cm³/mol. The Kier molecular flexibility index (Phi) is 14.8. The number of hydrogen-bond donors (Lipinski definition) is 2. The van der Waals surface area contributed by atoms with E-state index in [0.717, 1.165) is 23.8 Å². The first-order chi connectivity index (χ1) is 21.4. The van der Waals surface area contributed by atoms with E-state index < -0.39 is 46.9 Å². The molecule has 2 N–H and O–H groups in total. The minimum Gasteiger partial charge on any atom is -0.467 e. The number of alkyl carbamates (subject to hydrolysis) is 2. The van der Waals surface area contributed by atoms with Crippen LogP contribution in [0.1, 0.15) is 16.7 Å². The van der Waals surface area contributed by atoms with Crippen LogP contribution in [0, 0.1) is 6.92 Å². The number of carbonyl (C=O) groups is 4. The molecular weight excluding hydrogens is 608 g/mol. The molecule has 0 spiro atoms. The molecule has 0 saturated carbocycles. The third-order valence-corrected chi connectivity index (χ3v) is 6.88. The van der Waals surface area contributed by atoms with E-state index in [1.165, 1.54) is 19.2 Å². The topological polar surface area (TPSA) is 173 Å². The van der Waals surface area contributed by atoms with Gasteiger partial charge < -0.3 is 24.3 Å². The monoisotopic (exact) mass is 642 g/mol. The molecular formula is C31H34N2O11S. The van der Waals surface area contributed by atoms with Crippen molar-refractivity contribution >= 4 is 34.2 Å². The fraction of sp³-hybridized carbons (Fsp3) is 0.226. The number of benzene rings is 3. The van der Waals surface area contributed by atoms with E-state index in [2.05, 4.69) is 26.7 Å². The van der Waals surface area contributed by atoms with Crippen LogP contribution in [0.15, 0.2) is 102 Å². The average molecular weight is 643 g/mol. The summed E-state index contributed by atoms with van der Waals surface area (Å²) in [5.41, 5.74) is 2.33. The first-order valence-electron chi connectivity index (χ1n) is 13.2. The summed E-state index contributed by atoms with van der Waals surface area (Å²) in [7, 11) is -1.79. The lowest BCUT2D eigenvalue weighted by Crippen LogP contribution is -2.45. The lowest BCUT2D eigenvalue weighted by molar-refractivity contribution is -0.143. The SMILES string of the molecule is C=C(NC(=O)OCc1ccccc1)C(=O)OC.COC(=O)[C@H](COS(=O)(=O)c1ccc(C)cc1)NC(=O)OCc1ccccc1. The molecule has 3 aromatic carbocycles. The van der Waals surface area contributed by atoms with Gasteiger partial charge >= 0.3 is 24.1 Å². The van der Waals surface area contributed by atoms with E-state index in [9.17, 15) is 27.6 Å². The van der Waals surface area contributed by atoms with E-state index in [-0.39, 0.29) is 23.8 Å². The molecule has 2 amide bonds. The second kappa shape index (κ2) is 18.5. The maximum atomic E-state index is 12.2. The predicted octanol–water partition coefficient (Wildman–Crippen LogP) is 3.77. The number of rotatable bonds is 12. The minimum absolute atomic E-state index is 0.0108. The van der Waals surface area contributed by atoms with Gasteiger partial charge in [0.1, 0.15) is 18.9 Å². The summed E-state index contributed by atoms with van der Waals surface area (Å²) in [6, 6.07) is 22.8. The number of amides is 2. The molecule has 14 heteroatoms. The van der Waals surface area contributed by atoms with Gasteiger partial charge in [-0.2, -0.15) is 8.42 Å². The Hall–Kier alpha value is -5.21. The first kappa shape index (κ1) is 36.0. The number of methoxy groups -OCH3 is 2. The quantitative estimate of drug-likeness (QED) is 0.127. The highest BCUT2D eigenvalue weighted by molar-refractivity contribution is 7.86. The summed E-state index contributed by atoms with van der Waals surface area (Å²) in [6.45, 7) is 4.63. The van der Waals surface area contributed by atoms with Gasteiger partial charge in [0.05, 0.1) is 25.7 Å². The third-order valence-electron chi connectivity index (χ3n) is 5.59. The summed E-state index contributed by atoms with van der Waals surface area (Å²) < 4.78 is 48.2. The van der Waals surface area contributed by atoms with E-state index in [1.807, 2.05) is 43.3 Å². The standard InChI is InChI=1S/C19H21NO7S.C12H13NO4/c1-14-8-10-16(11-9-14)28(23,24)27-13-17(18(21)25-2)20-19(22)26-12-15-6-4-3-5-7-15;1-9(11(14)16-2)13-12(15)17-8-10-6-4-3-5-7-10/h3-11,17H,12-13H2,1-2H3,(H,20,22);3-7H,1,8H2,2H3,(H,13,15)/t17-;/m0./s1. The second-order valence-electron chi connectivity index (χ2n) is 8.99. The third kappa shape index (κ3) is 13.3. The van der Waals surface area contributed by atoms with Gasteiger partial charge in [-0.3, -0.25) is 9.50 Å². The highest BCUT2D eigenvalue weighted by atomic mass is 32.2. The number of hydrogen-bond acceptors (Lipinski definition) is 11. The van der Waals surface area contributed by atoms with Crippen LogP contribution < -0.4 is 10.6 Å². The van der Waals surface area contributed by atoms with E-state index in [4.69, 9.17) is 13.7 Å². The molecule has 3 rings (SSSR count). The molecule has 0 unspecified atom stereocenters. The molecule has 0 aliphatic rings. The molecule has 240 valence electrons. The molecule has 45 heavy (non-hydrogen) atoms. The number of esters is 2. The highest BCUT2D eigenvalue weighted by Crippen LogP contribution is 2.14. The molecule has 0 aliphatic heterocycles. The Morgan fingerprint density at radius 2 is 1.27 bits per heavy atom. The van der Waals surface area contributed by atoms with Crippen LogP contribution in [0.2, 0.25) is 0 Å². The Morgan fingerprint density at radius 1 is 0.756 bits per heavy atom. The fourth-order valence-corrected chi connectivity index (χ4v) is 4.13. The van der Waals surface area contributed by atoms with Crippen LogP contribution in [0.5, 0.6) is 0 Å². The lowest BCUT2D eigenvalue weighted by Gasteiger charge is -2.16. The van der Waals surface area contributed by atoms with Crippen molar-refractivity contribution in [1.29, 1.82) is 0 Å². The number of carbonyl (C=O) groups excluding carboxylic acids is 4. The van der Waals surface area contributed by atoms with Gasteiger partial charge in [0.15, 0.2) is 6.04 Å². The Balaban J connectivity index is 0.000000355. The van der Waals surface area contributed by atoms with Gasteiger partial charge in [0, 0.05) is 0 Å². The van der Waals surface area contributed by atoms with E-state index >= 15 is 0 Å². The van der Waals surface area contributed by atoms with E-state index in [1.54, 1.807) is 36.4 Å². The van der Waals surface area contributed by atoms with E-state index in [0.29, 0.717) is 0 Å². The van der Waals surface area contributed by atoms with Crippen molar-refractivity contribution in [3.05, 3.63) is 114 Å². The Bertz CT molecular complexity index is 1530. The zero-order valence-electron chi connectivity index (χ0n) is 24.9. The normalized spacial score (nSPS) is 11.0. The van der Waals surface area contributed by atoms with Gasteiger partial charge in [-0.1, -0.05) is 84.9 Å². The Labute approximate surface area is 261 Å². The summed E-state index contributed by atoms with van der Waals surface area (Å²) >= 11 is 0. The van der Waals surface area contributed by atoms with Crippen molar-refractivity contribution in [2.45, 2.75) is 31.1 Å². The van der Waals surface area contributed by atoms with Gasteiger partial charge in [0.2, 0.25) is 0 Å². The molecule has 1 atom stereocenters. The van der Waals surface area contributed by atoms with Crippen LogP contribution in [0.3, 0.4) is 0 Å². The van der Waals surface area contributed by atoms with Gasteiger partial charge in [0.25, 0.3) is 10.1 Å². The number of nitrogens with one attached hydrogen (secondary N) is 2. The molecule has 13 nitrogen and oxygen atoms in total. The smallest absolute Gasteiger partial charge is 0.412 e. The van der Waals surface area contributed by atoms with Crippen LogP contribution in [0.25, 0.3) is 0 Å². The van der Waals surface area contributed by atoms with Crippen molar-refractivity contribution in [3.8, 4) is 0 Å². The van der Waals surface area contributed by atoms with Crippen LogP contribution in [-0.2, 0) is 56.1 Å². The zero-order chi connectivity index (χ0) is 33.2. The van der Waals surface area contributed by atoms with Crippen molar-refractivity contribution in [2.24, 2.45) is 0 Å². The number of ether oxygens (including phenoxy) is 4. The van der Waals surface area contributed by atoms with Crippen LogP contribution in [0.4, 0.5) is 9.59 Å². The molecule has 0 heterocycles. The largest absolute Gasteiger partial charge is 0.467 e. The maximum Gasteiger partial charge on any atom is 0.412 e. The highest BCUT2D eigenvalue weighted by Gasteiger charge is 2.26. The number of aryl methyl sites for hydroxylation is 1.